The van der Waals surface area contributed by atoms with Crippen LogP contribution in [0.15, 0.2) is 24.5 Å². The maximum atomic E-state index is 12.3. The van der Waals surface area contributed by atoms with E-state index < -0.39 is 0 Å². The zero-order valence-electron chi connectivity index (χ0n) is 11.0. The molecule has 0 saturated carbocycles. The zero-order chi connectivity index (χ0) is 12.3. The Bertz CT molecular complexity index is 389. The van der Waals surface area contributed by atoms with Gasteiger partial charge in [-0.1, -0.05) is 6.92 Å². The van der Waals surface area contributed by atoms with E-state index in [1.54, 1.807) is 24.5 Å². The average molecular weight is 306 g/mol. The van der Waals surface area contributed by atoms with Gasteiger partial charge in [0.15, 0.2) is 0 Å². The average Bonchev–Trinajstić information content (AvgIpc) is 2.39. The van der Waals surface area contributed by atoms with Gasteiger partial charge >= 0.3 is 0 Å². The SMILES string of the molecule is CC1CCN(C(=O)c2cccnc2)C(CN)C1.Cl.Cl. The molecule has 1 aliphatic rings. The lowest BCUT2D eigenvalue weighted by Crippen LogP contribution is -2.49. The van der Waals surface area contributed by atoms with Gasteiger partial charge in [-0.3, -0.25) is 9.78 Å². The smallest absolute Gasteiger partial charge is 0.255 e. The summed E-state index contributed by atoms with van der Waals surface area (Å²) >= 11 is 0. The van der Waals surface area contributed by atoms with E-state index in [0.29, 0.717) is 18.0 Å². The van der Waals surface area contributed by atoms with Crippen molar-refractivity contribution in [1.29, 1.82) is 0 Å². The van der Waals surface area contributed by atoms with Crippen LogP contribution in [0.1, 0.15) is 30.1 Å². The summed E-state index contributed by atoms with van der Waals surface area (Å²) in [7, 11) is 0. The standard InChI is InChI=1S/C13H19N3O.2ClH/c1-10-4-6-16(12(7-10)8-14)13(17)11-3-2-5-15-9-11;;/h2-3,5,9-10,12H,4,6-8,14H2,1H3;2*1H. The fraction of sp³-hybridized carbons (Fsp3) is 0.538. The summed E-state index contributed by atoms with van der Waals surface area (Å²) in [5.41, 5.74) is 6.42. The number of carbonyl (C=O) groups excluding carboxylic acids is 1. The molecule has 0 spiro atoms. The number of nitrogens with zero attached hydrogens (tertiary/aromatic N) is 2. The Labute approximate surface area is 126 Å². The van der Waals surface area contributed by atoms with Crippen LogP contribution in [-0.2, 0) is 0 Å². The molecule has 2 rings (SSSR count). The Morgan fingerprint density at radius 1 is 1.53 bits per heavy atom. The third kappa shape index (κ3) is 4.34. The Morgan fingerprint density at radius 3 is 2.84 bits per heavy atom. The number of aromatic nitrogens is 1. The summed E-state index contributed by atoms with van der Waals surface area (Å²) in [5, 5.41) is 0. The molecule has 6 heteroatoms. The third-order valence-corrected chi connectivity index (χ3v) is 3.42. The van der Waals surface area contributed by atoms with Gasteiger partial charge in [0.25, 0.3) is 5.91 Å². The molecule has 0 aliphatic carbocycles. The fourth-order valence-electron chi connectivity index (χ4n) is 2.40. The third-order valence-electron chi connectivity index (χ3n) is 3.42. The highest BCUT2D eigenvalue weighted by Crippen LogP contribution is 2.23. The number of halogens is 2. The molecule has 4 nitrogen and oxygen atoms in total. The van der Waals surface area contributed by atoms with Crippen molar-refractivity contribution in [3.05, 3.63) is 30.1 Å². The van der Waals surface area contributed by atoms with Crippen LogP contribution in [0.3, 0.4) is 0 Å². The van der Waals surface area contributed by atoms with Gasteiger partial charge in [0.1, 0.15) is 0 Å². The molecule has 0 aromatic carbocycles. The number of piperidine rings is 1. The van der Waals surface area contributed by atoms with Crippen molar-refractivity contribution < 1.29 is 4.79 Å². The molecule has 1 fully saturated rings. The maximum absolute atomic E-state index is 12.3. The maximum Gasteiger partial charge on any atom is 0.255 e. The van der Waals surface area contributed by atoms with Gasteiger partial charge in [0.2, 0.25) is 0 Å². The van der Waals surface area contributed by atoms with Gasteiger partial charge in [-0.15, -0.1) is 24.8 Å². The molecule has 2 atom stereocenters. The minimum absolute atomic E-state index is 0. The lowest BCUT2D eigenvalue weighted by atomic mass is 9.92. The van der Waals surface area contributed by atoms with Gasteiger partial charge in [0, 0.05) is 31.5 Å². The number of hydrogen-bond donors (Lipinski definition) is 1. The molecule has 1 aromatic rings. The van der Waals surface area contributed by atoms with Crippen molar-refractivity contribution in [2.45, 2.75) is 25.8 Å². The lowest BCUT2D eigenvalue weighted by Gasteiger charge is -2.38. The van der Waals surface area contributed by atoms with Crippen LogP contribution in [0.25, 0.3) is 0 Å². The number of hydrogen-bond acceptors (Lipinski definition) is 3. The summed E-state index contributed by atoms with van der Waals surface area (Å²) in [5.74, 6) is 0.710. The summed E-state index contributed by atoms with van der Waals surface area (Å²) < 4.78 is 0. The molecule has 0 bridgehead atoms. The van der Waals surface area contributed by atoms with Gasteiger partial charge in [0.05, 0.1) is 5.56 Å². The molecule has 2 heterocycles. The van der Waals surface area contributed by atoms with E-state index in [9.17, 15) is 4.79 Å². The lowest BCUT2D eigenvalue weighted by molar-refractivity contribution is 0.0573. The molecule has 1 aromatic heterocycles. The van der Waals surface area contributed by atoms with E-state index in [0.717, 1.165) is 19.4 Å². The van der Waals surface area contributed by atoms with E-state index in [1.165, 1.54) is 0 Å². The Morgan fingerprint density at radius 2 is 2.26 bits per heavy atom. The van der Waals surface area contributed by atoms with Crippen LogP contribution in [0.4, 0.5) is 0 Å². The zero-order valence-corrected chi connectivity index (χ0v) is 12.6. The number of likely N-dealkylation sites (tertiary alicyclic amines) is 1. The molecule has 0 radical (unpaired) electrons. The molecule has 1 aliphatic heterocycles. The minimum atomic E-state index is 0. The Kier molecular flexibility index (Phi) is 7.99. The van der Waals surface area contributed by atoms with E-state index in [-0.39, 0.29) is 36.8 Å². The number of nitrogens with two attached hydrogens (primary N) is 1. The molecule has 19 heavy (non-hydrogen) atoms. The fourth-order valence-corrected chi connectivity index (χ4v) is 2.40. The van der Waals surface area contributed by atoms with E-state index in [1.807, 2.05) is 4.90 Å². The number of rotatable bonds is 2. The number of pyridine rings is 1. The van der Waals surface area contributed by atoms with Crippen molar-refractivity contribution in [2.24, 2.45) is 11.7 Å². The Hall–Kier alpha value is -0.840. The van der Waals surface area contributed by atoms with Gasteiger partial charge in [-0.25, -0.2) is 0 Å². The second-order valence-corrected chi connectivity index (χ2v) is 4.76. The van der Waals surface area contributed by atoms with Gasteiger partial charge < -0.3 is 10.6 Å². The van der Waals surface area contributed by atoms with Crippen molar-refractivity contribution in [3.63, 3.8) is 0 Å². The first-order chi connectivity index (χ1) is 8.22. The second kappa shape index (κ2) is 8.35. The van der Waals surface area contributed by atoms with Crippen LogP contribution in [-0.4, -0.2) is 34.9 Å². The minimum Gasteiger partial charge on any atom is -0.334 e. The molecular formula is C13H21Cl2N3O. The van der Waals surface area contributed by atoms with Crippen LogP contribution in [0.2, 0.25) is 0 Å². The molecule has 1 amide bonds. The van der Waals surface area contributed by atoms with Crippen molar-refractivity contribution in [3.8, 4) is 0 Å². The van der Waals surface area contributed by atoms with E-state index in [2.05, 4.69) is 11.9 Å². The highest BCUT2D eigenvalue weighted by atomic mass is 35.5. The van der Waals surface area contributed by atoms with Crippen LogP contribution >= 0.6 is 24.8 Å². The summed E-state index contributed by atoms with van der Waals surface area (Å²) in [6.45, 7) is 3.56. The van der Waals surface area contributed by atoms with Gasteiger partial charge in [-0.05, 0) is 30.9 Å². The normalized spacial score (nSPS) is 22.1. The first-order valence-corrected chi connectivity index (χ1v) is 6.13. The molecule has 2 unspecified atom stereocenters. The highest BCUT2D eigenvalue weighted by molar-refractivity contribution is 5.94. The highest BCUT2D eigenvalue weighted by Gasteiger charge is 2.29. The van der Waals surface area contributed by atoms with Crippen LogP contribution < -0.4 is 5.73 Å². The summed E-state index contributed by atoms with van der Waals surface area (Å²) in [6, 6.07) is 3.77. The molecule has 1 saturated heterocycles. The van der Waals surface area contributed by atoms with Crippen LogP contribution in [0.5, 0.6) is 0 Å². The Balaban J connectivity index is 0.00000162. The summed E-state index contributed by atoms with van der Waals surface area (Å²) in [4.78, 5) is 18.2. The number of amides is 1. The predicted molar refractivity (Wildman–Crippen MR) is 81.0 cm³/mol. The van der Waals surface area contributed by atoms with E-state index in [4.69, 9.17) is 5.73 Å². The van der Waals surface area contributed by atoms with E-state index >= 15 is 0 Å². The largest absolute Gasteiger partial charge is 0.334 e. The predicted octanol–water partition coefficient (Wildman–Crippen LogP) is 2.12. The molecular weight excluding hydrogens is 285 g/mol. The first kappa shape index (κ1) is 18.2. The second-order valence-electron chi connectivity index (χ2n) is 4.76. The molecule has 2 N–H and O–H groups in total. The topological polar surface area (TPSA) is 59.2 Å². The number of carbonyl (C=O) groups is 1. The summed E-state index contributed by atoms with van der Waals surface area (Å²) in [6.07, 6.45) is 5.36. The van der Waals surface area contributed by atoms with Crippen molar-refractivity contribution in [1.82, 2.24) is 9.88 Å². The van der Waals surface area contributed by atoms with Crippen molar-refractivity contribution >= 4 is 30.7 Å². The van der Waals surface area contributed by atoms with Crippen molar-refractivity contribution in [2.75, 3.05) is 13.1 Å². The molecule has 108 valence electrons. The van der Waals surface area contributed by atoms with Crippen LogP contribution in [0, 0.1) is 5.92 Å². The van der Waals surface area contributed by atoms with Gasteiger partial charge in [-0.2, -0.15) is 0 Å². The quantitative estimate of drug-likeness (QED) is 0.910. The monoisotopic (exact) mass is 305 g/mol. The first-order valence-electron chi connectivity index (χ1n) is 6.13.